The van der Waals surface area contributed by atoms with Crippen molar-refractivity contribution in [3.8, 4) is 11.3 Å². The van der Waals surface area contributed by atoms with E-state index in [4.69, 9.17) is 0 Å². The molecule has 0 aliphatic heterocycles. The van der Waals surface area contributed by atoms with Crippen molar-refractivity contribution in [2.45, 2.75) is 26.2 Å². The Kier molecular flexibility index (Phi) is 6.33. The lowest BCUT2D eigenvalue weighted by Crippen LogP contribution is -2.17. The molecule has 0 aliphatic carbocycles. The fourth-order valence-electron chi connectivity index (χ4n) is 2.42. The third-order valence-corrected chi connectivity index (χ3v) is 6.26. The molecule has 28 heavy (non-hydrogen) atoms. The Morgan fingerprint density at radius 3 is 2.71 bits per heavy atom. The van der Waals surface area contributed by atoms with Crippen LogP contribution in [0, 0.1) is 0 Å². The molecule has 3 heterocycles. The van der Waals surface area contributed by atoms with Gasteiger partial charge in [0.15, 0.2) is 5.13 Å². The molecule has 0 bridgehead atoms. The molecular formula is C20H20N4O2S2. The van der Waals surface area contributed by atoms with Crippen molar-refractivity contribution >= 4 is 45.3 Å². The Morgan fingerprint density at radius 2 is 2.07 bits per heavy atom. The van der Waals surface area contributed by atoms with Crippen molar-refractivity contribution in [3.63, 3.8) is 0 Å². The molecule has 2 N–H and O–H groups in total. The van der Waals surface area contributed by atoms with Crippen molar-refractivity contribution in [1.29, 1.82) is 0 Å². The van der Waals surface area contributed by atoms with E-state index in [-0.39, 0.29) is 17.7 Å². The second-order valence-corrected chi connectivity index (χ2v) is 8.12. The number of rotatable bonds is 7. The zero-order valence-electron chi connectivity index (χ0n) is 15.6. The second kappa shape index (κ2) is 8.90. The quantitative estimate of drug-likeness (QED) is 0.551. The number of anilines is 2. The number of nitrogens with one attached hydrogen (secondary N) is 2. The van der Waals surface area contributed by atoms with Crippen LogP contribution in [0.3, 0.4) is 0 Å². The minimum absolute atomic E-state index is 0.0825. The van der Waals surface area contributed by atoms with Crippen LogP contribution in [0.5, 0.6) is 0 Å². The van der Waals surface area contributed by atoms with Crippen LogP contribution in [0.2, 0.25) is 0 Å². The summed E-state index contributed by atoms with van der Waals surface area (Å²) in [5.74, 6) is -0.654. The summed E-state index contributed by atoms with van der Waals surface area (Å²) >= 11 is 3.02. The molecule has 3 aromatic heterocycles. The number of pyridine rings is 1. The van der Waals surface area contributed by atoms with E-state index in [2.05, 4.69) is 34.1 Å². The number of nitrogens with zero attached hydrogens (tertiary/aromatic N) is 2. The Balaban J connectivity index is 1.67. The van der Waals surface area contributed by atoms with Crippen molar-refractivity contribution < 1.29 is 9.59 Å². The molecule has 0 spiro atoms. The lowest BCUT2D eigenvalue weighted by atomic mass is 10.1. The number of hydrogen-bond acceptors (Lipinski definition) is 6. The molecule has 1 atom stereocenters. The van der Waals surface area contributed by atoms with Crippen LogP contribution in [-0.4, -0.2) is 21.8 Å². The Morgan fingerprint density at radius 1 is 1.25 bits per heavy atom. The number of carbonyl (C=O) groups is 2. The van der Waals surface area contributed by atoms with Gasteiger partial charge in [-0.15, -0.1) is 22.7 Å². The highest BCUT2D eigenvalue weighted by molar-refractivity contribution is 7.15. The fourth-order valence-corrected chi connectivity index (χ4v) is 4.13. The molecular weight excluding hydrogens is 392 g/mol. The highest BCUT2D eigenvalue weighted by Crippen LogP contribution is 2.31. The number of thiazole rings is 1. The van der Waals surface area contributed by atoms with Gasteiger partial charge >= 0.3 is 0 Å². The number of aromatic nitrogens is 2. The van der Waals surface area contributed by atoms with Gasteiger partial charge in [0.25, 0.3) is 0 Å². The van der Waals surface area contributed by atoms with Crippen molar-refractivity contribution in [1.82, 2.24) is 9.97 Å². The number of carbonyl (C=O) groups excluding carboxylic acids is 2. The van der Waals surface area contributed by atoms with Crippen LogP contribution in [0.1, 0.15) is 29.5 Å². The molecule has 0 fully saturated rings. The average molecular weight is 413 g/mol. The SMILES string of the molecule is C=CC(=O)Nc1ccc(-c2csc(C(C)C(=O)Nc3ncc(CC)s3)c2)nc1. The normalized spacial score (nSPS) is 11.6. The largest absolute Gasteiger partial charge is 0.321 e. The van der Waals surface area contributed by atoms with E-state index in [1.54, 1.807) is 18.5 Å². The zero-order valence-corrected chi connectivity index (χ0v) is 17.2. The second-order valence-electron chi connectivity index (χ2n) is 6.06. The summed E-state index contributed by atoms with van der Waals surface area (Å²) in [6.45, 7) is 7.35. The third kappa shape index (κ3) is 4.71. The maximum atomic E-state index is 12.5. The molecule has 2 amide bonds. The molecule has 0 saturated heterocycles. The van der Waals surface area contributed by atoms with Crippen LogP contribution < -0.4 is 10.6 Å². The maximum absolute atomic E-state index is 12.5. The van der Waals surface area contributed by atoms with Crippen LogP contribution in [0.15, 0.2) is 48.6 Å². The van der Waals surface area contributed by atoms with E-state index in [0.29, 0.717) is 10.8 Å². The number of amides is 2. The highest BCUT2D eigenvalue weighted by atomic mass is 32.1. The standard InChI is InChI=1S/C20H20N4O2S2/c1-4-15-10-22-20(28-15)24-19(26)12(3)17-8-13(11-27-17)16-7-6-14(9-21-16)23-18(25)5-2/h5-12H,2,4H2,1,3H3,(H,23,25)(H,22,24,26). The van der Waals surface area contributed by atoms with Crippen LogP contribution in [0.4, 0.5) is 10.8 Å². The molecule has 3 aromatic rings. The first-order valence-corrected chi connectivity index (χ1v) is 10.4. The lowest BCUT2D eigenvalue weighted by molar-refractivity contribution is -0.117. The van der Waals surface area contributed by atoms with Gasteiger partial charge in [-0.25, -0.2) is 4.98 Å². The summed E-state index contributed by atoms with van der Waals surface area (Å²) in [5, 5.41) is 8.15. The first-order valence-electron chi connectivity index (χ1n) is 8.74. The predicted octanol–water partition coefficient (Wildman–Crippen LogP) is 4.70. The molecule has 0 aliphatic rings. The molecule has 8 heteroatoms. The number of aryl methyl sites for hydroxylation is 1. The predicted molar refractivity (Wildman–Crippen MR) is 115 cm³/mol. The van der Waals surface area contributed by atoms with Crippen LogP contribution >= 0.6 is 22.7 Å². The summed E-state index contributed by atoms with van der Waals surface area (Å²) in [7, 11) is 0. The monoisotopic (exact) mass is 412 g/mol. The van der Waals surface area contributed by atoms with Gasteiger partial charge in [-0.3, -0.25) is 14.6 Å². The lowest BCUT2D eigenvalue weighted by Gasteiger charge is -2.08. The molecule has 0 radical (unpaired) electrons. The molecule has 6 nitrogen and oxygen atoms in total. The number of hydrogen-bond donors (Lipinski definition) is 2. The average Bonchev–Trinajstić information content (AvgIpc) is 3.37. The van der Waals surface area contributed by atoms with Gasteiger partial charge in [-0.1, -0.05) is 13.5 Å². The van der Waals surface area contributed by atoms with E-state index in [1.807, 2.05) is 24.4 Å². The first kappa shape index (κ1) is 19.9. The minimum Gasteiger partial charge on any atom is -0.321 e. The van der Waals surface area contributed by atoms with Crippen molar-refractivity contribution in [2.75, 3.05) is 10.6 Å². The summed E-state index contributed by atoms with van der Waals surface area (Å²) in [4.78, 5) is 34.6. The highest BCUT2D eigenvalue weighted by Gasteiger charge is 2.19. The summed E-state index contributed by atoms with van der Waals surface area (Å²) in [6, 6.07) is 5.58. The van der Waals surface area contributed by atoms with Gasteiger partial charge in [0, 0.05) is 26.9 Å². The molecule has 3 rings (SSSR count). The number of thiophene rings is 1. The minimum atomic E-state index is -0.293. The fraction of sp³-hybridized carbons (Fsp3) is 0.200. The molecule has 0 aromatic carbocycles. The van der Waals surface area contributed by atoms with Gasteiger partial charge < -0.3 is 10.6 Å². The summed E-state index contributed by atoms with van der Waals surface area (Å²) in [6.07, 6.45) is 5.50. The van der Waals surface area contributed by atoms with E-state index >= 15 is 0 Å². The van der Waals surface area contributed by atoms with Gasteiger partial charge in [-0.2, -0.15) is 0 Å². The first-order chi connectivity index (χ1) is 13.5. The van der Waals surface area contributed by atoms with E-state index in [1.165, 1.54) is 28.7 Å². The van der Waals surface area contributed by atoms with Crippen LogP contribution in [-0.2, 0) is 16.0 Å². The van der Waals surface area contributed by atoms with Gasteiger partial charge in [0.05, 0.1) is 23.5 Å². The topological polar surface area (TPSA) is 84.0 Å². The Bertz CT molecular complexity index is 992. The molecule has 0 saturated carbocycles. The van der Waals surface area contributed by atoms with Crippen molar-refractivity contribution in [3.05, 3.63) is 58.4 Å². The van der Waals surface area contributed by atoms with Gasteiger partial charge in [0.1, 0.15) is 0 Å². The zero-order chi connectivity index (χ0) is 20.1. The molecule has 1 unspecified atom stereocenters. The van der Waals surface area contributed by atoms with Gasteiger partial charge in [0.2, 0.25) is 11.8 Å². The summed E-state index contributed by atoms with van der Waals surface area (Å²) < 4.78 is 0. The third-order valence-electron chi connectivity index (χ3n) is 4.08. The van der Waals surface area contributed by atoms with E-state index in [9.17, 15) is 9.59 Å². The van der Waals surface area contributed by atoms with Gasteiger partial charge in [-0.05, 0) is 37.6 Å². The van der Waals surface area contributed by atoms with Crippen molar-refractivity contribution in [2.24, 2.45) is 0 Å². The smallest absolute Gasteiger partial charge is 0.247 e. The summed E-state index contributed by atoms with van der Waals surface area (Å²) in [5.41, 5.74) is 2.31. The van der Waals surface area contributed by atoms with E-state index in [0.717, 1.165) is 27.4 Å². The Hall–Kier alpha value is -2.84. The maximum Gasteiger partial charge on any atom is 0.247 e. The van der Waals surface area contributed by atoms with Crippen LogP contribution in [0.25, 0.3) is 11.3 Å². The molecule has 144 valence electrons. The van der Waals surface area contributed by atoms with E-state index < -0.39 is 0 Å². The Labute approximate surface area is 171 Å².